The van der Waals surface area contributed by atoms with Crippen molar-refractivity contribution < 1.29 is 24.3 Å². The topological polar surface area (TPSA) is 84.9 Å². The number of carboxylic acids is 1. The Morgan fingerprint density at radius 2 is 1.38 bits per heavy atom. The smallest absolute Gasteiger partial charge is 0.341 e. The van der Waals surface area contributed by atoms with Crippen LogP contribution in [0.15, 0.2) is 97.1 Å². The number of ether oxygens (including phenoxy) is 1. The molecule has 0 radical (unpaired) electrons. The lowest BCUT2D eigenvalue weighted by atomic mass is 10.00. The number of hydrogen-bond donors (Lipinski definition) is 2. The fourth-order valence-electron chi connectivity index (χ4n) is 3.86. The maximum Gasteiger partial charge on any atom is 0.341 e. The first-order chi connectivity index (χ1) is 16.6. The van der Waals surface area contributed by atoms with Gasteiger partial charge in [0.05, 0.1) is 12.5 Å². The highest BCUT2D eigenvalue weighted by Gasteiger charge is 2.16. The van der Waals surface area contributed by atoms with Crippen LogP contribution in [0, 0.1) is 0 Å². The molecule has 4 rings (SSSR count). The van der Waals surface area contributed by atoms with E-state index in [-0.39, 0.29) is 18.4 Å². The largest absolute Gasteiger partial charge is 0.481 e. The van der Waals surface area contributed by atoms with Gasteiger partial charge in [-0.1, -0.05) is 91.0 Å². The SMILES string of the molecule is O=C(O)COc1cccc2c(CCC(=O)ONC(c3ccccc3)c3ccccc3)cccc12. The van der Waals surface area contributed by atoms with Crippen LogP contribution in [0.3, 0.4) is 0 Å². The Morgan fingerprint density at radius 3 is 2.03 bits per heavy atom. The molecule has 2 N–H and O–H groups in total. The monoisotopic (exact) mass is 455 g/mol. The minimum atomic E-state index is -1.03. The minimum absolute atomic E-state index is 0.183. The maximum absolute atomic E-state index is 12.6. The second-order valence-electron chi connectivity index (χ2n) is 7.80. The minimum Gasteiger partial charge on any atom is -0.481 e. The summed E-state index contributed by atoms with van der Waals surface area (Å²) in [4.78, 5) is 28.9. The molecule has 0 aliphatic heterocycles. The van der Waals surface area contributed by atoms with E-state index >= 15 is 0 Å². The molecular weight excluding hydrogens is 430 g/mol. The molecule has 0 bridgehead atoms. The average molecular weight is 456 g/mol. The van der Waals surface area contributed by atoms with Crippen molar-refractivity contribution in [3.63, 3.8) is 0 Å². The molecule has 0 heterocycles. The quantitative estimate of drug-likeness (QED) is 0.325. The normalized spacial score (nSPS) is 10.9. The molecule has 34 heavy (non-hydrogen) atoms. The van der Waals surface area contributed by atoms with Crippen molar-refractivity contribution in [2.45, 2.75) is 18.9 Å². The molecule has 4 aromatic rings. The van der Waals surface area contributed by atoms with E-state index in [2.05, 4.69) is 5.48 Å². The number of hydrogen-bond acceptors (Lipinski definition) is 5. The molecule has 0 aliphatic carbocycles. The van der Waals surface area contributed by atoms with Crippen LogP contribution >= 0.6 is 0 Å². The van der Waals surface area contributed by atoms with Crippen molar-refractivity contribution in [3.05, 3.63) is 114 Å². The van der Waals surface area contributed by atoms with Gasteiger partial charge in [-0.25, -0.2) is 4.79 Å². The zero-order chi connectivity index (χ0) is 23.8. The van der Waals surface area contributed by atoms with Gasteiger partial charge < -0.3 is 14.7 Å². The first-order valence-electron chi connectivity index (χ1n) is 11.0. The lowest BCUT2D eigenvalue weighted by Gasteiger charge is -2.19. The molecule has 6 heteroatoms. The molecule has 172 valence electrons. The van der Waals surface area contributed by atoms with Crippen molar-refractivity contribution in [1.82, 2.24) is 5.48 Å². The lowest BCUT2D eigenvalue weighted by Crippen LogP contribution is -2.26. The van der Waals surface area contributed by atoms with Crippen LogP contribution in [-0.2, 0) is 20.8 Å². The summed E-state index contributed by atoms with van der Waals surface area (Å²) in [7, 11) is 0. The Bertz CT molecular complexity index is 1220. The van der Waals surface area contributed by atoms with Gasteiger partial charge in [-0.2, -0.15) is 0 Å². The van der Waals surface area contributed by atoms with Gasteiger partial charge in [-0.15, -0.1) is 5.48 Å². The summed E-state index contributed by atoms with van der Waals surface area (Å²) < 4.78 is 5.41. The Morgan fingerprint density at radius 1 is 0.765 bits per heavy atom. The lowest BCUT2D eigenvalue weighted by molar-refractivity contribution is -0.152. The predicted octanol–water partition coefficient (Wildman–Crippen LogP) is 5.07. The first-order valence-corrected chi connectivity index (χ1v) is 11.0. The summed E-state index contributed by atoms with van der Waals surface area (Å²) in [6.45, 7) is -0.411. The number of fused-ring (bicyclic) bond motifs is 1. The van der Waals surface area contributed by atoms with Crippen LogP contribution in [0.2, 0.25) is 0 Å². The van der Waals surface area contributed by atoms with Gasteiger partial charge in [-0.05, 0) is 34.6 Å². The number of carbonyl (C=O) groups excluding carboxylic acids is 1. The number of aryl methyl sites for hydroxylation is 1. The molecule has 0 unspecified atom stereocenters. The summed E-state index contributed by atoms with van der Waals surface area (Å²) in [6.07, 6.45) is 0.657. The first kappa shape index (κ1) is 23.0. The summed E-state index contributed by atoms with van der Waals surface area (Å²) in [6, 6.07) is 30.5. The number of aliphatic carboxylic acids is 1. The second kappa shape index (κ2) is 11.1. The number of rotatable bonds is 10. The maximum atomic E-state index is 12.6. The van der Waals surface area contributed by atoms with Gasteiger partial charge in [0.1, 0.15) is 5.75 Å². The summed E-state index contributed by atoms with van der Waals surface area (Å²) in [5.41, 5.74) is 5.87. The van der Waals surface area contributed by atoms with Crippen LogP contribution in [-0.4, -0.2) is 23.7 Å². The van der Waals surface area contributed by atoms with Gasteiger partial charge in [-0.3, -0.25) is 4.79 Å². The Hall–Kier alpha value is -4.16. The standard InChI is InChI=1S/C28H25NO5/c30-26(31)19-33-25-16-8-14-23-20(13-7-15-24(23)25)17-18-27(32)34-29-28(21-9-3-1-4-10-21)22-11-5-2-6-12-22/h1-16,28-29H,17-19H2,(H,30,31). The van der Waals surface area contributed by atoms with Crippen LogP contribution in [0.1, 0.15) is 29.2 Å². The van der Waals surface area contributed by atoms with E-state index in [4.69, 9.17) is 14.7 Å². The fraction of sp³-hybridized carbons (Fsp3) is 0.143. The molecule has 0 aromatic heterocycles. The number of hydroxylamine groups is 1. The number of carbonyl (C=O) groups is 2. The molecule has 4 aromatic carbocycles. The molecule has 0 atom stereocenters. The third-order valence-corrected chi connectivity index (χ3v) is 5.48. The van der Waals surface area contributed by atoms with Crippen LogP contribution in [0.25, 0.3) is 10.8 Å². The number of benzene rings is 4. The van der Waals surface area contributed by atoms with Gasteiger partial charge in [0.25, 0.3) is 0 Å². The van der Waals surface area contributed by atoms with E-state index in [0.29, 0.717) is 12.2 Å². The molecule has 0 amide bonds. The van der Waals surface area contributed by atoms with Crippen molar-refractivity contribution >= 4 is 22.7 Å². The van der Waals surface area contributed by atoms with Gasteiger partial charge in [0.2, 0.25) is 0 Å². The van der Waals surface area contributed by atoms with E-state index in [0.717, 1.165) is 27.5 Å². The van der Waals surface area contributed by atoms with Crippen LogP contribution in [0.4, 0.5) is 0 Å². The van der Waals surface area contributed by atoms with Gasteiger partial charge in [0, 0.05) is 5.39 Å². The zero-order valence-electron chi connectivity index (χ0n) is 18.5. The zero-order valence-corrected chi connectivity index (χ0v) is 18.5. The molecule has 0 fully saturated rings. The van der Waals surface area contributed by atoms with Crippen LogP contribution < -0.4 is 10.2 Å². The summed E-state index contributed by atoms with van der Waals surface area (Å²) in [5.74, 6) is -0.903. The molecule has 0 aliphatic rings. The third-order valence-electron chi connectivity index (χ3n) is 5.48. The van der Waals surface area contributed by atoms with E-state index in [1.54, 1.807) is 6.07 Å². The highest BCUT2D eigenvalue weighted by atomic mass is 16.7. The van der Waals surface area contributed by atoms with Gasteiger partial charge >= 0.3 is 11.9 Å². The fourth-order valence-corrected chi connectivity index (χ4v) is 3.86. The highest BCUT2D eigenvalue weighted by molar-refractivity contribution is 5.91. The van der Waals surface area contributed by atoms with E-state index in [9.17, 15) is 9.59 Å². The molecule has 0 spiro atoms. The third kappa shape index (κ3) is 5.79. The van der Waals surface area contributed by atoms with Crippen molar-refractivity contribution in [3.8, 4) is 5.75 Å². The molecule has 0 saturated carbocycles. The Labute approximate surface area is 197 Å². The van der Waals surface area contributed by atoms with E-state index in [1.165, 1.54) is 0 Å². The van der Waals surface area contributed by atoms with Gasteiger partial charge in [0.15, 0.2) is 6.61 Å². The van der Waals surface area contributed by atoms with E-state index in [1.807, 2.05) is 91.0 Å². The Kier molecular flexibility index (Phi) is 7.53. The van der Waals surface area contributed by atoms with Crippen molar-refractivity contribution in [2.75, 3.05) is 6.61 Å². The summed E-state index contributed by atoms with van der Waals surface area (Å²) in [5, 5.41) is 10.6. The van der Waals surface area contributed by atoms with E-state index < -0.39 is 12.6 Å². The second-order valence-corrected chi connectivity index (χ2v) is 7.80. The average Bonchev–Trinajstić information content (AvgIpc) is 2.87. The number of nitrogens with one attached hydrogen (secondary N) is 1. The summed E-state index contributed by atoms with van der Waals surface area (Å²) >= 11 is 0. The van der Waals surface area contributed by atoms with Crippen molar-refractivity contribution in [1.29, 1.82) is 0 Å². The van der Waals surface area contributed by atoms with Crippen LogP contribution in [0.5, 0.6) is 5.75 Å². The highest BCUT2D eigenvalue weighted by Crippen LogP contribution is 2.29. The Balaban J connectivity index is 1.42. The predicted molar refractivity (Wildman–Crippen MR) is 129 cm³/mol. The molecule has 6 nitrogen and oxygen atoms in total. The molecule has 0 saturated heterocycles. The molecular formula is C28H25NO5. The number of carboxylic acid groups (broad SMARTS) is 1. The van der Waals surface area contributed by atoms with Crippen molar-refractivity contribution in [2.24, 2.45) is 0 Å².